The van der Waals surface area contributed by atoms with Crippen molar-refractivity contribution in [1.82, 2.24) is 9.78 Å². The fourth-order valence-corrected chi connectivity index (χ4v) is 1.98. The quantitative estimate of drug-likeness (QED) is 0.787. The van der Waals surface area contributed by atoms with Gasteiger partial charge in [0.25, 0.3) is 0 Å². The predicted octanol–water partition coefficient (Wildman–Crippen LogP) is 2.73. The molecule has 15 heavy (non-hydrogen) atoms. The summed E-state index contributed by atoms with van der Waals surface area (Å²) in [7, 11) is 0. The third kappa shape index (κ3) is 2.61. The first-order valence-corrected chi connectivity index (χ1v) is 5.45. The van der Waals surface area contributed by atoms with Crippen LogP contribution in [0.2, 0.25) is 5.02 Å². The van der Waals surface area contributed by atoms with Gasteiger partial charge in [0.2, 0.25) is 0 Å². The average molecular weight is 229 g/mol. The van der Waals surface area contributed by atoms with Crippen LogP contribution in [0.3, 0.4) is 0 Å². The monoisotopic (exact) mass is 228 g/mol. The van der Waals surface area contributed by atoms with Crippen LogP contribution in [0, 0.1) is 0 Å². The molecule has 0 aliphatic heterocycles. The number of aryl methyl sites for hydroxylation is 1. The Bertz CT molecular complexity index is 344. The Hall–Kier alpha value is -0.800. The minimum absolute atomic E-state index is 0.519. The first kappa shape index (κ1) is 12.3. The smallest absolute Gasteiger partial charge is 0.105 e. The van der Waals surface area contributed by atoms with Crippen LogP contribution in [0.5, 0.6) is 0 Å². The van der Waals surface area contributed by atoms with Crippen molar-refractivity contribution in [3.8, 4) is 0 Å². The zero-order chi connectivity index (χ0) is 11.5. The summed E-state index contributed by atoms with van der Waals surface area (Å²) in [6, 6.07) is 0. The van der Waals surface area contributed by atoms with Crippen LogP contribution in [-0.2, 0) is 12.1 Å². The van der Waals surface area contributed by atoms with Crippen LogP contribution >= 0.6 is 11.6 Å². The first-order valence-electron chi connectivity index (χ1n) is 5.08. The van der Waals surface area contributed by atoms with Crippen LogP contribution in [0.15, 0.2) is 18.9 Å². The third-order valence-electron chi connectivity index (χ3n) is 2.44. The number of hydrogen-bond acceptors (Lipinski definition) is 2. The summed E-state index contributed by atoms with van der Waals surface area (Å²) in [5, 5.41) is 14.9. The van der Waals surface area contributed by atoms with Gasteiger partial charge in [-0.3, -0.25) is 4.68 Å². The van der Waals surface area contributed by atoms with Crippen molar-refractivity contribution in [2.24, 2.45) is 0 Å². The van der Waals surface area contributed by atoms with E-state index in [9.17, 15) is 5.11 Å². The minimum atomic E-state index is -0.947. The molecule has 0 amide bonds. The highest BCUT2D eigenvalue weighted by Crippen LogP contribution is 2.31. The van der Waals surface area contributed by atoms with Gasteiger partial charge in [0.15, 0.2) is 0 Å². The zero-order valence-electron chi connectivity index (χ0n) is 9.20. The number of hydrogen-bond donors (Lipinski definition) is 1. The van der Waals surface area contributed by atoms with Gasteiger partial charge in [-0.05, 0) is 26.7 Å². The zero-order valence-corrected chi connectivity index (χ0v) is 9.96. The molecule has 1 atom stereocenters. The van der Waals surface area contributed by atoms with E-state index in [1.165, 1.54) is 0 Å². The Labute approximate surface area is 95.4 Å². The highest BCUT2D eigenvalue weighted by molar-refractivity contribution is 6.31. The lowest BCUT2D eigenvalue weighted by Gasteiger charge is -2.24. The maximum absolute atomic E-state index is 10.3. The molecule has 0 bridgehead atoms. The van der Waals surface area contributed by atoms with E-state index >= 15 is 0 Å². The number of rotatable bonds is 5. The molecule has 1 rings (SSSR count). The van der Waals surface area contributed by atoms with E-state index < -0.39 is 5.60 Å². The van der Waals surface area contributed by atoms with Crippen molar-refractivity contribution in [2.75, 3.05) is 0 Å². The topological polar surface area (TPSA) is 38.1 Å². The van der Waals surface area contributed by atoms with Crippen LogP contribution in [-0.4, -0.2) is 14.9 Å². The third-order valence-corrected chi connectivity index (χ3v) is 2.72. The highest BCUT2D eigenvalue weighted by atomic mass is 35.5. The summed E-state index contributed by atoms with van der Waals surface area (Å²) in [5.74, 6) is 0. The fourth-order valence-electron chi connectivity index (χ4n) is 1.64. The Morgan fingerprint density at radius 1 is 1.73 bits per heavy atom. The van der Waals surface area contributed by atoms with Crippen molar-refractivity contribution in [2.45, 2.75) is 38.8 Å². The molecule has 0 spiro atoms. The molecular formula is C11H17ClN2O. The summed E-state index contributed by atoms with van der Waals surface area (Å²) < 4.78 is 1.73. The minimum Gasteiger partial charge on any atom is -0.384 e. The predicted molar refractivity (Wildman–Crippen MR) is 61.9 cm³/mol. The Morgan fingerprint density at radius 2 is 2.40 bits per heavy atom. The Morgan fingerprint density at radius 3 is 2.93 bits per heavy atom. The molecule has 0 fully saturated rings. The van der Waals surface area contributed by atoms with Gasteiger partial charge in [0, 0.05) is 6.54 Å². The van der Waals surface area contributed by atoms with E-state index in [0.29, 0.717) is 23.7 Å². The van der Waals surface area contributed by atoms with Crippen LogP contribution in [0.25, 0.3) is 0 Å². The van der Waals surface area contributed by atoms with E-state index in [-0.39, 0.29) is 0 Å². The standard InChI is InChI=1S/C11H17ClN2O/c1-4-6-7-11(3,15)10-9(12)8-13-14(10)5-2/h4,8,15H,1,5-7H2,2-3H3. The molecule has 1 aromatic rings. The van der Waals surface area contributed by atoms with E-state index in [1.807, 2.05) is 6.92 Å². The lowest BCUT2D eigenvalue weighted by atomic mass is 9.96. The number of aliphatic hydroxyl groups is 1. The van der Waals surface area contributed by atoms with E-state index in [4.69, 9.17) is 11.6 Å². The molecule has 0 saturated heterocycles. The number of nitrogens with zero attached hydrogens (tertiary/aromatic N) is 2. The molecule has 0 aliphatic rings. The van der Waals surface area contributed by atoms with E-state index in [1.54, 1.807) is 23.9 Å². The highest BCUT2D eigenvalue weighted by Gasteiger charge is 2.29. The molecule has 0 saturated carbocycles. The molecular weight excluding hydrogens is 212 g/mol. The number of allylic oxidation sites excluding steroid dienone is 1. The second-order valence-electron chi connectivity index (χ2n) is 3.76. The molecule has 3 nitrogen and oxygen atoms in total. The lowest BCUT2D eigenvalue weighted by Crippen LogP contribution is -2.25. The lowest BCUT2D eigenvalue weighted by molar-refractivity contribution is 0.0396. The number of aromatic nitrogens is 2. The summed E-state index contributed by atoms with van der Waals surface area (Å²) in [4.78, 5) is 0. The molecule has 1 N–H and O–H groups in total. The molecule has 1 unspecified atom stereocenters. The van der Waals surface area contributed by atoms with Gasteiger partial charge in [-0.2, -0.15) is 5.10 Å². The van der Waals surface area contributed by atoms with Crippen molar-refractivity contribution >= 4 is 11.6 Å². The molecule has 4 heteroatoms. The summed E-state index contributed by atoms with van der Waals surface area (Å²) >= 11 is 6.02. The van der Waals surface area contributed by atoms with E-state index in [2.05, 4.69) is 11.7 Å². The van der Waals surface area contributed by atoms with Gasteiger partial charge < -0.3 is 5.11 Å². The maximum Gasteiger partial charge on any atom is 0.105 e. The molecule has 0 aromatic carbocycles. The van der Waals surface area contributed by atoms with Crippen molar-refractivity contribution < 1.29 is 5.11 Å². The SMILES string of the molecule is C=CCCC(C)(O)c1c(Cl)cnn1CC. The molecule has 0 radical (unpaired) electrons. The van der Waals surface area contributed by atoms with Gasteiger partial charge in [-0.1, -0.05) is 17.7 Å². The van der Waals surface area contributed by atoms with Crippen LogP contribution in [0.4, 0.5) is 0 Å². The number of halogens is 1. The van der Waals surface area contributed by atoms with E-state index in [0.717, 1.165) is 6.42 Å². The normalized spacial score (nSPS) is 14.9. The Kier molecular flexibility index (Phi) is 3.94. The average Bonchev–Trinajstić information content (AvgIpc) is 2.57. The van der Waals surface area contributed by atoms with Gasteiger partial charge in [0.1, 0.15) is 5.60 Å². The second kappa shape index (κ2) is 4.81. The van der Waals surface area contributed by atoms with Crippen molar-refractivity contribution in [1.29, 1.82) is 0 Å². The first-order chi connectivity index (χ1) is 7.03. The van der Waals surface area contributed by atoms with Gasteiger partial charge >= 0.3 is 0 Å². The largest absolute Gasteiger partial charge is 0.384 e. The second-order valence-corrected chi connectivity index (χ2v) is 4.17. The summed E-state index contributed by atoms with van der Waals surface area (Å²) in [6.45, 7) is 8.07. The molecule has 0 aliphatic carbocycles. The maximum atomic E-state index is 10.3. The summed E-state index contributed by atoms with van der Waals surface area (Å²) in [6.07, 6.45) is 4.71. The van der Waals surface area contributed by atoms with Gasteiger partial charge in [-0.15, -0.1) is 6.58 Å². The van der Waals surface area contributed by atoms with Crippen molar-refractivity contribution in [3.05, 3.63) is 29.6 Å². The molecule has 1 heterocycles. The van der Waals surface area contributed by atoms with Gasteiger partial charge in [-0.25, -0.2) is 0 Å². The molecule has 84 valence electrons. The van der Waals surface area contributed by atoms with Gasteiger partial charge in [0.05, 0.1) is 16.9 Å². The fraction of sp³-hybridized carbons (Fsp3) is 0.545. The van der Waals surface area contributed by atoms with Crippen molar-refractivity contribution in [3.63, 3.8) is 0 Å². The summed E-state index contributed by atoms with van der Waals surface area (Å²) in [5.41, 5.74) is -0.258. The Balaban J connectivity index is 3.01. The van der Waals surface area contributed by atoms with Crippen LogP contribution in [0.1, 0.15) is 32.4 Å². The molecule has 1 aromatic heterocycles. The van der Waals surface area contributed by atoms with Crippen LogP contribution < -0.4 is 0 Å².